The fourth-order valence-electron chi connectivity index (χ4n) is 3.96. The minimum absolute atomic E-state index is 0.174. The van der Waals surface area contributed by atoms with E-state index in [0.717, 1.165) is 5.75 Å². The van der Waals surface area contributed by atoms with Crippen LogP contribution in [0.25, 0.3) is 0 Å². The van der Waals surface area contributed by atoms with Gasteiger partial charge in [-0.05, 0) is 24.3 Å². The lowest BCUT2D eigenvalue weighted by atomic mass is 9.71. The van der Waals surface area contributed by atoms with Crippen LogP contribution in [0, 0.1) is 11.8 Å². The number of ether oxygens (including phenoxy) is 1. The SMILES string of the molecule is CCC1CCCCC1C(O)C1COc2ccccc21. The van der Waals surface area contributed by atoms with Crippen molar-refractivity contribution in [3.63, 3.8) is 0 Å². The Morgan fingerprint density at radius 1 is 1.26 bits per heavy atom. The van der Waals surface area contributed by atoms with Gasteiger partial charge in [0.15, 0.2) is 0 Å². The molecule has 4 unspecified atom stereocenters. The molecule has 2 aliphatic rings. The minimum Gasteiger partial charge on any atom is -0.493 e. The lowest BCUT2D eigenvalue weighted by Crippen LogP contribution is -2.35. The van der Waals surface area contributed by atoms with Gasteiger partial charge in [-0.15, -0.1) is 0 Å². The number of aliphatic hydroxyl groups is 1. The fourth-order valence-corrected chi connectivity index (χ4v) is 3.96. The van der Waals surface area contributed by atoms with Crippen molar-refractivity contribution < 1.29 is 9.84 Å². The van der Waals surface area contributed by atoms with Gasteiger partial charge in [0.2, 0.25) is 0 Å². The number of benzene rings is 1. The number of hydrogen-bond donors (Lipinski definition) is 1. The van der Waals surface area contributed by atoms with Gasteiger partial charge in [0.1, 0.15) is 5.75 Å². The van der Waals surface area contributed by atoms with Gasteiger partial charge in [-0.25, -0.2) is 0 Å². The normalized spacial score (nSPS) is 31.6. The van der Waals surface area contributed by atoms with E-state index in [4.69, 9.17) is 4.74 Å². The van der Waals surface area contributed by atoms with E-state index in [2.05, 4.69) is 13.0 Å². The van der Waals surface area contributed by atoms with Crippen LogP contribution >= 0.6 is 0 Å². The molecule has 2 nitrogen and oxygen atoms in total. The minimum atomic E-state index is -0.242. The molecule has 1 aromatic rings. The van der Waals surface area contributed by atoms with Gasteiger partial charge in [0.05, 0.1) is 12.7 Å². The van der Waals surface area contributed by atoms with Crippen LogP contribution in [0.4, 0.5) is 0 Å². The van der Waals surface area contributed by atoms with E-state index in [9.17, 15) is 5.11 Å². The highest BCUT2D eigenvalue weighted by Gasteiger charge is 2.38. The Kier molecular flexibility index (Phi) is 3.79. The maximum Gasteiger partial charge on any atom is 0.123 e. The van der Waals surface area contributed by atoms with Crippen LogP contribution in [0.2, 0.25) is 0 Å². The van der Waals surface area contributed by atoms with E-state index in [1.165, 1.54) is 37.7 Å². The highest BCUT2D eigenvalue weighted by Crippen LogP contribution is 2.43. The molecule has 1 aliphatic carbocycles. The molecular formula is C17H24O2. The van der Waals surface area contributed by atoms with Gasteiger partial charge in [0.25, 0.3) is 0 Å². The maximum atomic E-state index is 10.8. The van der Waals surface area contributed by atoms with E-state index < -0.39 is 0 Å². The third kappa shape index (κ3) is 2.38. The summed E-state index contributed by atoms with van der Waals surface area (Å²) in [5, 5.41) is 10.8. The number of rotatable bonds is 3. The predicted octanol–water partition coefficient (Wildman–Crippen LogP) is 3.74. The first-order valence-electron chi connectivity index (χ1n) is 7.71. The molecule has 1 aromatic carbocycles. The average molecular weight is 260 g/mol. The maximum absolute atomic E-state index is 10.8. The van der Waals surface area contributed by atoms with Gasteiger partial charge in [-0.2, -0.15) is 0 Å². The molecule has 19 heavy (non-hydrogen) atoms. The van der Waals surface area contributed by atoms with Crippen molar-refractivity contribution in [2.45, 2.75) is 51.0 Å². The van der Waals surface area contributed by atoms with Crippen molar-refractivity contribution >= 4 is 0 Å². The zero-order chi connectivity index (χ0) is 13.2. The predicted molar refractivity (Wildman–Crippen MR) is 76.4 cm³/mol. The van der Waals surface area contributed by atoms with Crippen LogP contribution in [-0.4, -0.2) is 17.8 Å². The summed E-state index contributed by atoms with van der Waals surface area (Å²) in [7, 11) is 0. The van der Waals surface area contributed by atoms with Crippen LogP contribution in [0.1, 0.15) is 50.5 Å². The molecular weight excluding hydrogens is 236 g/mol. The molecule has 0 bridgehead atoms. The van der Waals surface area contributed by atoms with Gasteiger partial charge < -0.3 is 9.84 Å². The summed E-state index contributed by atoms with van der Waals surface area (Å²) in [6.07, 6.45) is 6.02. The number of fused-ring (bicyclic) bond motifs is 1. The second-order valence-electron chi connectivity index (χ2n) is 6.06. The molecule has 0 amide bonds. The van der Waals surface area contributed by atoms with Crippen molar-refractivity contribution in [3.05, 3.63) is 29.8 Å². The Morgan fingerprint density at radius 2 is 2.05 bits per heavy atom. The van der Waals surface area contributed by atoms with Crippen molar-refractivity contribution in [3.8, 4) is 5.75 Å². The number of aliphatic hydroxyl groups excluding tert-OH is 1. The summed E-state index contributed by atoms with van der Waals surface area (Å²) in [6.45, 7) is 2.91. The Bertz CT molecular complexity index is 429. The Balaban J connectivity index is 1.79. The highest BCUT2D eigenvalue weighted by atomic mass is 16.5. The standard InChI is InChI=1S/C17H24O2/c1-2-12-7-3-4-8-13(12)17(18)15-11-19-16-10-6-5-9-14(15)16/h5-6,9-10,12-13,15,17-18H,2-4,7-8,11H2,1H3. The highest BCUT2D eigenvalue weighted by molar-refractivity contribution is 5.40. The summed E-state index contributed by atoms with van der Waals surface area (Å²) in [5.74, 6) is 2.29. The lowest BCUT2D eigenvalue weighted by Gasteiger charge is -2.36. The first-order chi connectivity index (χ1) is 9.31. The topological polar surface area (TPSA) is 29.5 Å². The number of hydrogen-bond acceptors (Lipinski definition) is 2. The molecule has 1 N–H and O–H groups in total. The molecule has 4 atom stereocenters. The van der Waals surface area contributed by atoms with Gasteiger partial charge in [0, 0.05) is 11.5 Å². The van der Waals surface area contributed by atoms with Crippen LogP contribution in [0.3, 0.4) is 0 Å². The largest absolute Gasteiger partial charge is 0.493 e. The molecule has 0 aromatic heterocycles. The van der Waals surface area contributed by atoms with Crippen LogP contribution < -0.4 is 4.74 Å². The molecule has 0 spiro atoms. The molecule has 0 saturated heterocycles. The van der Waals surface area contributed by atoms with Crippen molar-refractivity contribution in [1.82, 2.24) is 0 Å². The summed E-state index contributed by atoms with van der Waals surface area (Å²) in [4.78, 5) is 0. The van der Waals surface area contributed by atoms with E-state index in [0.29, 0.717) is 18.4 Å². The summed E-state index contributed by atoms with van der Waals surface area (Å²) in [6, 6.07) is 8.18. The van der Waals surface area contributed by atoms with Gasteiger partial charge >= 0.3 is 0 Å². The molecule has 1 fully saturated rings. The summed E-state index contributed by atoms with van der Waals surface area (Å²) >= 11 is 0. The Labute approximate surface area is 115 Å². The van der Waals surface area contributed by atoms with E-state index in [1.807, 2.05) is 18.2 Å². The van der Waals surface area contributed by atoms with E-state index >= 15 is 0 Å². The molecule has 3 rings (SSSR count). The van der Waals surface area contributed by atoms with E-state index in [-0.39, 0.29) is 12.0 Å². The zero-order valence-corrected chi connectivity index (χ0v) is 11.7. The zero-order valence-electron chi connectivity index (χ0n) is 11.7. The third-order valence-electron chi connectivity index (χ3n) is 5.08. The Hall–Kier alpha value is -1.02. The first kappa shape index (κ1) is 13.0. The van der Waals surface area contributed by atoms with E-state index in [1.54, 1.807) is 0 Å². The van der Waals surface area contributed by atoms with Crippen molar-refractivity contribution in [1.29, 1.82) is 0 Å². The van der Waals surface area contributed by atoms with Gasteiger partial charge in [-0.1, -0.05) is 50.8 Å². The van der Waals surface area contributed by atoms with Gasteiger partial charge in [-0.3, -0.25) is 0 Å². The summed E-state index contributed by atoms with van der Waals surface area (Å²) < 4.78 is 5.73. The first-order valence-corrected chi connectivity index (χ1v) is 7.71. The average Bonchev–Trinajstić information content (AvgIpc) is 2.90. The van der Waals surface area contributed by atoms with Crippen LogP contribution in [0.5, 0.6) is 5.75 Å². The quantitative estimate of drug-likeness (QED) is 0.897. The van der Waals surface area contributed by atoms with Crippen molar-refractivity contribution in [2.75, 3.05) is 6.61 Å². The molecule has 1 saturated carbocycles. The molecule has 104 valence electrons. The van der Waals surface area contributed by atoms with Crippen LogP contribution in [-0.2, 0) is 0 Å². The smallest absolute Gasteiger partial charge is 0.123 e. The number of para-hydroxylation sites is 1. The molecule has 1 heterocycles. The molecule has 2 heteroatoms. The Morgan fingerprint density at radius 3 is 2.89 bits per heavy atom. The second-order valence-corrected chi connectivity index (χ2v) is 6.06. The fraction of sp³-hybridized carbons (Fsp3) is 0.647. The van der Waals surface area contributed by atoms with Crippen molar-refractivity contribution in [2.24, 2.45) is 11.8 Å². The van der Waals surface area contributed by atoms with Crippen LogP contribution in [0.15, 0.2) is 24.3 Å². The monoisotopic (exact) mass is 260 g/mol. The molecule has 0 radical (unpaired) electrons. The molecule has 1 aliphatic heterocycles. The lowest BCUT2D eigenvalue weighted by molar-refractivity contribution is 0.0214. The second kappa shape index (κ2) is 5.54. The third-order valence-corrected chi connectivity index (χ3v) is 5.08. The summed E-state index contributed by atoms with van der Waals surface area (Å²) in [5.41, 5.74) is 1.20.